The Balaban J connectivity index is 1.50. The zero-order valence-electron chi connectivity index (χ0n) is 33.1. The van der Waals surface area contributed by atoms with Gasteiger partial charge in [0.05, 0.1) is 24.3 Å². The van der Waals surface area contributed by atoms with Crippen LogP contribution in [0.5, 0.6) is 5.75 Å². The number of rotatable bonds is 19. The number of carbonyl (C=O) groups excluding carboxylic acids is 5. The van der Waals surface area contributed by atoms with Gasteiger partial charge in [0.15, 0.2) is 0 Å². The Labute approximate surface area is 333 Å². The molecule has 16 nitrogen and oxygen atoms in total. The largest absolute Gasteiger partial charge is 0.508 e. The van der Waals surface area contributed by atoms with E-state index >= 15 is 0 Å². The highest BCUT2D eigenvalue weighted by molar-refractivity contribution is 5.95. The highest BCUT2D eigenvalue weighted by Gasteiger charge is 2.38. The highest BCUT2D eigenvalue weighted by atomic mass is 16.4. The summed E-state index contributed by atoms with van der Waals surface area (Å²) < 4.78 is 0. The normalized spacial score (nSPS) is 19.6. The first-order valence-electron chi connectivity index (χ1n) is 19.7. The molecule has 2 heterocycles. The van der Waals surface area contributed by atoms with E-state index in [2.05, 4.69) is 31.6 Å². The number of aromatic hydroxyl groups is 1. The van der Waals surface area contributed by atoms with Crippen LogP contribution in [0.25, 0.3) is 0 Å². The zero-order valence-corrected chi connectivity index (χ0v) is 33.1. The van der Waals surface area contributed by atoms with Crippen molar-refractivity contribution in [3.8, 4) is 5.75 Å². The number of aliphatic imine (C=N–C) groups is 1. The molecule has 0 spiro atoms. The second-order valence-electron chi connectivity index (χ2n) is 15.4. The number of amides is 5. The zero-order chi connectivity index (χ0) is 41.6. The lowest BCUT2D eigenvalue weighted by atomic mass is 9.94. The number of carboxylic acids is 1. The van der Waals surface area contributed by atoms with E-state index in [0.29, 0.717) is 37.9 Å². The average molecular weight is 791 g/mol. The Morgan fingerprint density at radius 2 is 1.51 bits per heavy atom. The van der Waals surface area contributed by atoms with Gasteiger partial charge >= 0.3 is 5.97 Å². The van der Waals surface area contributed by atoms with Crippen LogP contribution < -0.4 is 32.3 Å². The number of nitrogens with one attached hydrogen (secondary N) is 5. The average Bonchev–Trinajstić information content (AvgIpc) is 3.72. The smallest absolute Gasteiger partial charge is 0.326 e. The van der Waals surface area contributed by atoms with E-state index in [9.17, 15) is 39.0 Å². The van der Waals surface area contributed by atoms with Crippen molar-refractivity contribution in [3.05, 3.63) is 65.7 Å². The molecule has 9 N–H and O–H groups in total. The molecule has 4 rings (SSSR count). The number of phenolic OH excluding ortho intramolecular Hbond substituents is 1. The molecule has 16 heteroatoms. The molecule has 5 amide bonds. The van der Waals surface area contributed by atoms with E-state index in [1.54, 1.807) is 63.5 Å². The topological polar surface area (TPSA) is 245 Å². The fraction of sp³-hybridized carbons (Fsp3) is 0.537. The summed E-state index contributed by atoms with van der Waals surface area (Å²) in [6.07, 6.45) is 3.27. The van der Waals surface area contributed by atoms with E-state index < -0.39 is 71.6 Å². The van der Waals surface area contributed by atoms with Crippen LogP contribution >= 0.6 is 0 Å². The molecular weight excluding hydrogens is 732 g/mol. The highest BCUT2D eigenvalue weighted by Crippen LogP contribution is 2.21. The van der Waals surface area contributed by atoms with Gasteiger partial charge in [-0.05, 0) is 47.9 Å². The molecule has 0 saturated carbocycles. The molecule has 0 aromatic heterocycles. The van der Waals surface area contributed by atoms with Crippen molar-refractivity contribution >= 4 is 41.8 Å². The number of phenols is 1. The maximum atomic E-state index is 14.3. The molecule has 0 radical (unpaired) electrons. The number of benzene rings is 2. The summed E-state index contributed by atoms with van der Waals surface area (Å²) in [5.41, 5.74) is 7.51. The fourth-order valence-corrected chi connectivity index (χ4v) is 6.85. The van der Waals surface area contributed by atoms with Gasteiger partial charge in [-0.25, -0.2) is 4.79 Å². The van der Waals surface area contributed by atoms with Gasteiger partial charge in [-0.2, -0.15) is 0 Å². The number of nitrogens with zero attached hydrogens (tertiary/aromatic N) is 2. The molecule has 2 aliphatic heterocycles. The second kappa shape index (κ2) is 21.1. The number of carbonyl (C=O) groups is 6. The maximum Gasteiger partial charge on any atom is 0.326 e. The van der Waals surface area contributed by atoms with Gasteiger partial charge in [0.1, 0.15) is 29.9 Å². The molecule has 2 aromatic carbocycles. The van der Waals surface area contributed by atoms with Gasteiger partial charge in [0.25, 0.3) is 0 Å². The number of hydrogen-bond acceptors (Lipinski definition) is 10. The standard InChI is InChI=1S/C41H58N8O8/c1-5-25(4)35(48-37(52)31(45-38(53)34(42)24(2)3)18-27-13-15-30(50)16-14-27)39(54)46-32(20-29-21-43-23-44-29)40(55)49-17-9-12-28(22-49)36(51)47-33(41(56)57)19-26-10-7-6-8-11-26/h6-8,10-11,13-16,23-25,28-29,31-35,50H,5,9,12,17-22,42H2,1-4H3,(H,43,44)(H,45,53)(H,46,54)(H,47,51)(H,48,52)(H,56,57). The minimum absolute atomic E-state index is 0.0313. The Hall–Kier alpha value is -5.51. The lowest BCUT2D eigenvalue weighted by Crippen LogP contribution is -2.61. The molecule has 0 bridgehead atoms. The molecule has 8 unspecified atom stereocenters. The first-order valence-corrected chi connectivity index (χ1v) is 19.7. The maximum absolute atomic E-state index is 14.3. The van der Waals surface area contributed by atoms with Crippen molar-refractivity contribution in [2.45, 2.75) is 102 Å². The van der Waals surface area contributed by atoms with Crippen molar-refractivity contribution in [1.82, 2.24) is 31.5 Å². The predicted octanol–water partition coefficient (Wildman–Crippen LogP) is 0.859. The summed E-state index contributed by atoms with van der Waals surface area (Å²) in [6.45, 7) is 8.04. The van der Waals surface area contributed by atoms with Crippen LogP contribution in [0.15, 0.2) is 59.6 Å². The summed E-state index contributed by atoms with van der Waals surface area (Å²) in [5, 5.41) is 33.8. The summed E-state index contributed by atoms with van der Waals surface area (Å²) in [4.78, 5) is 86.9. The second-order valence-corrected chi connectivity index (χ2v) is 15.4. The number of nitrogens with two attached hydrogens (primary N) is 1. The van der Waals surface area contributed by atoms with Crippen LogP contribution in [0.3, 0.4) is 0 Å². The van der Waals surface area contributed by atoms with Crippen LogP contribution in [-0.2, 0) is 41.6 Å². The molecular formula is C41H58N8O8. The molecule has 2 aromatic rings. The molecule has 1 saturated heterocycles. The summed E-state index contributed by atoms with van der Waals surface area (Å²) >= 11 is 0. The fourth-order valence-electron chi connectivity index (χ4n) is 6.85. The van der Waals surface area contributed by atoms with Gasteiger partial charge in [0, 0.05) is 38.9 Å². The van der Waals surface area contributed by atoms with Gasteiger partial charge in [-0.3, -0.25) is 29.0 Å². The lowest BCUT2D eigenvalue weighted by Gasteiger charge is -2.36. The van der Waals surface area contributed by atoms with E-state index in [0.717, 1.165) is 5.56 Å². The summed E-state index contributed by atoms with van der Waals surface area (Å²) in [6, 6.07) is 9.53. The Kier molecular flexibility index (Phi) is 16.4. The first kappa shape index (κ1) is 44.2. The Morgan fingerprint density at radius 3 is 2.12 bits per heavy atom. The van der Waals surface area contributed by atoms with E-state index in [1.165, 1.54) is 17.0 Å². The lowest BCUT2D eigenvalue weighted by molar-refractivity contribution is -0.144. The molecule has 2 aliphatic rings. The van der Waals surface area contributed by atoms with Crippen molar-refractivity contribution in [2.24, 2.45) is 28.5 Å². The molecule has 1 fully saturated rings. The van der Waals surface area contributed by atoms with Gasteiger partial charge < -0.3 is 47.4 Å². The third kappa shape index (κ3) is 13.0. The van der Waals surface area contributed by atoms with Crippen molar-refractivity contribution < 1.29 is 39.0 Å². The quantitative estimate of drug-likeness (QED) is 0.0998. The number of hydrogen-bond donors (Lipinski definition) is 8. The monoisotopic (exact) mass is 790 g/mol. The van der Waals surface area contributed by atoms with Crippen molar-refractivity contribution in [1.29, 1.82) is 0 Å². The number of carboxylic acid groups (broad SMARTS) is 1. The number of piperidine rings is 1. The van der Waals surface area contributed by atoms with Gasteiger partial charge in [0.2, 0.25) is 29.5 Å². The number of aliphatic carboxylic acids is 1. The van der Waals surface area contributed by atoms with Crippen molar-refractivity contribution in [2.75, 3.05) is 19.6 Å². The minimum atomic E-state index is -1.17. The van der Waals surface area contributed by atoms with E-state index in [-0.39, 0.29) is 49.4 Å². The van der Waals surface area contributed by atoms with Crippen LogP contribution in [0.2, 0.25) is 0 Å². The van der Waals surface area contributed by atoms with Gasteiger partial charge in [-0.1, -0.05) is 76.6 Å². The molecule has 8 atom stereocenters. The molecule has 310 valence electrons. The third-order valence-electron chi connectivity index (χ3n) is 10.7. The predicted molar refractivity (Wildman–Crippen MR) is 214 cm³/mol. The van der Waals surface area contributed by atoms with Crippen LogP contribution in [-0.4, -0.2) is 113 Å². The SMILES string of the molecule is CCC(C)C(NC(=O)C(Cc1ccc(O)cc1)NC(=O)C(N)C(C)C)C(=O)NC(CC1CNC=N1)C(=O)N1CCCC(C(=O)NC(Cc2ccccc2)C(=O)O)C1. The van der Waals surface area contributed by atoms with Crippen LogP contribution in [0, 0.1) is 17.8 Å². The van der Waals surface area contributed by atoms with E-state index in [1.807, 2.05) is 13.0 Å². The van der Waals surface area contributed by atoms with Gasteiger partial charge in [-0.15, -0.1) is 0 Å². The minimum Gasteiger partial charge on any atom is -0.508 e. The summed E-state index contributed by atoms with van der Waals surface area (Å²) in [7, 11) is 0. The first-order chi connectivity index (χ1) is 27.2. The molecule has 57 heavy (non-hydrogen) atoms. The van der Waals surface area contributed by atoms with Crippen LogP contribution in [0.1, 0.15) is 64.5 Å². The number of likely N-dealkylation sites (tertiary alicyclic amines) is 1. The Morgan fingerprint density at radius 1 is 0.860 bits per heavy atom. The van der Waals surface area contributed by atoms with Crippen LogP contribution in [0.4, 0.5) is 0 Å². The molecule has 0 aliphatic carbocycles. The summed E-state index contributed by atoms with van der Waals surface area (Å²) in [5.74, 6) is -5.04. The van der Waals surface area contributed by atoms with E-state index in [4.69, 9.17) is 5.73 Å². The Bertz CT molecular complexity index is 1720. The third-order valence-corrected chi connectivity index (χ3v) is 10.7. The van der Waals surface area contributed by atoms with Crippen molar-refractivity contribution in [3.63, 3.8) is 0 Å².